The van der Waals surface area contributed by atoms with Gasteiger partial charge in [-0.1, -0.05) is 0 Å². The van der Waals surface area contributed by atoms with Crippen molar-refractivity contribution in [1.82, 2.24) is 4.90 Å². The molecule has 1 rings (SSSR count). The Labute approximate surface area is 97.1 Å². The minimum atomic E-state index is -0.290. The van der Waals surface area contributed by atoms with Crippen molar-refractivity contribution >= 4 is 5.91 Å². The number of hydrogen-bond donors (Lipinski definition) is 2. The minimum absolute atomic E-state index is 0.0550. The van der Waals surface area contributed by atoms with E-state index in [1.54, 1.807) is 0 Å². The summed E-state index contributed by atoms with van der Waals surface area (Å²) in [4.78, 5) is 13.0. The maximum atomic E-state index is 10.9. The average molecular weight is 229 g/mol. The van der Waals surface area contributed by atoms with Gasteiger partial charge < -0.3 is 21.1 Å². The van der Waals surface area contributed by atoms with Gasteiger partial charge in [0.15, 0.2) is 0 Å². The Balaban J connectivity index is 2.35. The maximum absolute atomic E-state index is 10.9. The number of carbonyl (C=O) groups is 1. The molecule has 0 aromatic carbocycles. The lowest BCUT2D eigenvalue weighted by Gasteiger charge is -2.31. The fourth-order valence-electron chi connectivity index (χ4n) is 2.16. The highest BCUT2D eigenvalue weighted by Gasteiger charge is 2.21. The van der Waals surface area contributed by atoms with Crippen LogP contribution < -0.4 is 11.5 Å². The number of primary amides is 1. The highest BCUT2D eigenvalue weighted by molar-refractivity contribution is 5.74. The van der Waals surface area contributed by atoms with Gasteiger partial charge in [0.1, 0.15) is 0 Å². The predicted octanol–water partition coefficient (Wildman–Crippen LogP) is -0.452. The molecule has 1 heterocycles. The SMILES string of the molecule is CN(CC1CCCOC1)C(CN)CC(N)=O. The highest BCUT2D eigenvalue weighted by atomic mass is 16.5. The van der Waals surface area contributed by atoms with Crippen LogP contribution in [0.3, 0.4) is 0 Å². The van der Waals surface area contributed by atoms with Gasteiger partial charge in [0.05, 0.1) is 6.61 Å². The van der Waals surface area contributed by atoms with Crippen molar-refractivity contribution in [1.29, 1.82) is 0 Å². The van der Waals surface area contributed by atoms with Crippen LogP contribution in [0.4, 0.5) is 0 Å². The number of likely N-dealkylation sites (N-methyl/N-ethyl adjacent to an activating group) is 1. The molecule has 16 heavy (non-hydrogen) atoms. The Bertz CT molecular complexity index is 217. The van der Waals surface area contributed by atoms with Crippen LogP contribution in [-0.2, 0) is 9.53 Å². The fraction of sp³-hybridized carbons (Fsp3) is 0.909. The standard InChI is InChI=1S/C11H23N3O2/c1-14(10(6-12)5-11(13)15)7-9-3-2-4-16-8-9/h9-10H,2-8,12H2,1H3,(H2,13,15). The van der Waals surface area contributed by atoms with Crippen LogP contribution in [0.2, 0.25) is 0 Å². The first-order valence-electron chi connectivity index (χ1n) is 5.89. The van der Waals surface area contributed by atoms with Crippen LogP contribution in [0.15, 0.2) is 0 Å². The molecule has 0 bridgehead atoms. The molecular weight excluding hydrogens is 206 g/mol. The normalized spacial score (nSPS) is 23.3. The summed E-state index contributed by atoms with van der Waals surface area (Å²) in [6, 6.07) is 0.0550. The molecule has 1 saturated heterocycles. The Morgan fingerprint density at radius 1 is 1.62 bits per heavy atom. The summed E-state index contributed by atoms with van der Waals surface area (Å²) in [5.74, 6) is 0.267. The lowest BCUT2D eigenvalue weighted by Crippen LogP contribution is -2.44. The Hall–Kier alpha value is -0.650. The summed E-state index contributed by atoms with van der Waals surface area (Å²) in [6.07, 6.45) is 2.65. The van der Waals surface area contributed by atoms with Crippen molar-refractivity contribution in [2.24, 2.45) is 17.4 Å². The summed E-state index contributed by atoms with van der Waals surface area (Å²) < 4.78 is 5.43. The van der Waals surface area contributed by atoms with Crippen molar-refractivity contribution < 1.29 is 9.53 Å². The molecule has 94 valence electrons. The van der Waals surface area contributed by atoms with Gasteiger partial charge in [-0.05, 0) is 25.8 Å². The van der Waals surface area contributed by atoms with E-state index in [2.05, 4.69) is 4.90 Å². The molecule has 1 fully saturated rings. The number of hydrogen-bond acceptors (Lipinski definition) is 4. The fourth-order valence-corrected chi connectivity index (χ4v) is 2.16. The molecule has 1 aliphatic rings. The zero-order valence-electron chi connectivity index (χ0n) is 10.0. The molecule has 5 heteroatoms. The predicted molar refractivity (Wildman–Crippen MR) is 62.8 cm³/mol. The third kappa shape index (κ3) is 4.47. The molecule has 1 amide bonds. The molecular formula is C11H23N3O2. The van der Waals surface area contributed by atoms with E-state index in [1.807, 2.05) is 7.05 Å². The van der Waals surface area contributed by atoms with Gasteiger partial charge in [-0.3, -0.25) is 4.79 Å². The topological polar surface area (TPSA) is 81.6 Å². The van der Waals surface area contributed by atoms with Gasteiger partial charge in [0, 0.05) is 32.2 Å². The van der Waals surface area contributed by atoms with Gasteiger partial charge in [-0.25, -0.2) is 0 Å². The van der Waals surface area contributed by atoms with Gasteiger partial charge >= 0.3 is 0 Å². The molecule has 4 N–H and O–H groups in total. The second-order valence-corrected chi connectivity index (χ2v) is 4.58. The van der Waals surface area contributed by atoms with Crippen molar-refractivity contribution in [3.8, 4) is 0 Å². The monoisotopic (exact) mass is 229 g/mol. The Kier molecular flexibility index (Phi) is 5.73. The lowest BCUT2D eigenvalue weighted by molar-refractivity contribution is -0.119. The summed E-state index contributed by atoms with van der Waals surface area (Å²) >= 11 is 0. The molecule has 5 nitrogen and oxygen atoms in total. The molecule has 0 radical (unpaired) electrons. The van der Waals surface area contributed by atoms with Crippen LogP contribution >= 0.6 is 0 Å². The van der Waals surface area contributed by atoms with E-state index in [9.17, 15) is 4.79 Å². The second kappa shape index (κ2) is 6.83. The number of rotatable bonds is 6. The van der Waals surface area contributed by atoms with Crippen LogP contribution in [-0.4, -0.2) is 50.2 Å². The summed E-state index contributed by atoms with van der Waals surface area (Å²) in [7, 11) is 2.00. The molecule has 0 aromatic rings. The van der Waals surface area contributed by atoms with Crippen LogP contribution in [0, 0.1) is 5.92 Å². The number of ether oxygens (including phenoxy) is 1. The lowest BCUT2D eigenvalue weighted by atomic mass is 10.0. The zero-order chi connectivity index (χ0) is 12.0. The first-order chi connectivity index (χ1) is 7.63. The van der Waals surface area contributed by atoms with Gasteiger partial charge in [0.25, 0.3) is 0 Å². The molecule has 0 aliphatic carbocycles. The van der Waals surface area contributed by atoms with Gasteiger partial charge in [-0.2, -0.15) is 0 Å². The maximum Gasteiger partial charge on any atom is 0.219 e. The van der Waals surface area contributed by atoms with E-state index in [0.717, 1.165) is 26.2 Å². The van der Waals surface area contributed by atoms with Crippen LogP contribution in [0.25, 0.3) is 0 Å². The number of carbonyl (C=O) groups excluding carboxylic acids is 1. The van der Waals surface area contributed by atoms with Crippen molar-refractivity contribution in [3.05, 3.63) is 0 Å². The summed E-state index contributed by atoms with van der Waals surface area (Å²) in [5, 5.41) is 0. The summed E-state index contributed by atoms with van der Waals surface area (Å²) in [6.45, 7) is 3.09. The molecule has 0 spiro atoms. The smallest absolute Gasteiger partial charge is 0.219 e. The minimum Gasteiger partial charge on any atom is -0.381 e. The Morgan fingerprint density at radius 2 is 2.38 bits per heavy atom. The van der Waals surface area contributed by atoms with E-state index in [1.165, 1.54) is 6.42 Å². The molecule has 0 saturated carbocycles. The molecule has 0 aromatic heterocycles. The van der Waals surface area contributed by atoms with Gasteiger partial charge in [0.2, 0.25) is 5.91 Å². The van der Waals surface area contributed by atoms with Crippen molar-refractivity contribution in [2.45, 2.75) is 25.3 Å². The van der Waals surface area contributed by atoms with Gasteiger partial charge in [-0.15, -0.1) is 0 Å². The first-order valence-corrected chi connectivity index (χ1v) is 5.89. The third-order valence-electron chi connectivity index (χ3n) is 3.13. The quantitative estimate of drug-likeness (QED) is 0.646. The van der Waals surface area contributed by atoms with Crippen LogP contribution in [0.1, 0.15) is 19.3 Å². The van der Waals surface area contributed by atoms with Crippen molar-refractivity contribution in [3.63, 3.8) is 0 Å². The van der Waals surface area contributed by atoms with Crippen molar-refractivity contribution in [2.75, 3.05) is 33.4 Å². The van der Waals surface area contributed by atoms with E-state index in [4.69, 9.17) is 16.2 Å². The van der Waals surface area contributed by atoms with E-state index < -0.39 is 0 Å². The number of nitrogens with zero attached hydrogens (tertiary/aromatic N) is 1. The van der Waals surface area contributed by atoms with Crippen LogP contribution in [0.5, 0.6) is 0 Å². The number of nitrogens with two attached hydrogens (primary N) is 2. The molecule has 2 unspecified atom stereocenters. The molecule has 1 aliphatic heterocycles. The highest BCUT2D eigenvalue weighted by Crippen LogP contribution is 2.15. The Morgan fingerprint density at radius 3 is 2.88 bits per heavy atom. The largest absolute Gasteiger partial charge is 0.381 e. The summed E-state index contributed by atoms with van der Waals surface area (Å²) in [5.41, 5.74) is 10.8. The van der Waals surface area contributed by atoms with E-state index in [-0.39, 0.29) is 11.9 Å². The van der Waals surface area contributed by atoms with E-state index >= 15 is 0 Å². The van der Waals surface area contributed by atoms with E-state index in [0.29, 0.717) is 18.9 Å². The first kappa shape index (κ1) is 13.4. The number of amides is 1. The second-order valence-electron chi connectivity index (χ2n) is 4.58. The average Bonchev–Trinajstić information content (AvgIpc) is 2.26. The zero-order valence-corrected chi connectivity index (χ0v) is 10.0. The third-order valence-corrected chi connectivity index (χ3v) is 3.13. The molecule has 2 atom stereocenters.